The van der Waals surface area contributed by atoms with Crippen molar-refractivity contribution in [3.8, 4) is 11.4 Å². The van der Waals surface area contributed by atoms with Crippen molar-refractivity contribution in [1.82, 2.24) is 15.0 Å². The lowest BCUT2D eigenvalue weighted by atomic mass is 10.3. The Kier molecular flexibility index (Phi) is 6.00. The van der Waals surface area contributed by atoms with Crippen LogP contribution in [0, 0.1) is 6.92 Å². The van der Waals surface area contributed by atoms with E-state index in [0.29, 0.717) is 11.4 Å². The highest BCUT2D eigenvalue weighted by Gasteiger charge is 2.31. The fraction of sp³-hybridized carbons (Fsp3) is 0.158. The molecule has 1 heterocycles. The molecule has 0 aliphatic heterocycles. The number of aryl methyl sites for hydroxylation is 1. The number of hydrogen-bond donors (Lipinski definition) is 1. The summed E-state index contributed by atoms with van der Waals surface area (Å²) in [5, 5.41) is 10.6. The first-order valence-corrected chi connectivity index (χ1v) is 8.53. The molecule has 0 radical (unpaired) electrons. The van der Waals surface area contributed by atoms with Gasteiger partial charge in [0.1, 0.15) is 5.75 Å². The van der Waals surface area contributed by atoms with Gasteiger partial charge in [-0.1, -0.05) is 18.2 Å². The number of halogens is 3. The number of carbonyl (C=O) groups is 2. The fourth-order valence-corrected chi connectivity index (χ4v) is 2.38. The Morgan fingerprint density at radius 1 is 1.03 bits per heavy atom. The van der Waals surface area contributed by atoms with Crippen LogP contribution in [0.5, 0.6) is 5.75 Å². The van der Waals surface area contributed by atoms with Gasteiger partial charge in [-0.25, -0.2) is 4.79 Å². The number of nitrogens with zero attached hydrogens (tertiary/aromatic N) is 3. The normalized spacial score (nSPS) is 11.1. The number of carbonyl (C=O) groups excluding carboxylic acids is 2. The predicted molar refractivity (Wildman–Crippen MR) is 98.1 cm³/mol. The molecule has 11 heteroatoms. The van der Waals surface area contributed by atoms with Crippen LogP contribution >= 0.6 is 0 Å². The Hall–Kier alpha value is -3.89. The Morgan fingerprint density at radius 2 is 1.70 bits per heavy atom. The minimum Gasteiger partial charge on any atom is -0.451 e. The molecule has 0 saturated heterocycles. The first-order chi connectivity index (χ1) is 14.2. The molecule has 1 amide bonds. The molecule has 0 saturated carbocycles. The lowest BCUT2D eigenvalue weighted by Gasteiger charge is -2.10. The van der Waals surface area contributed by atoms with Crippen LogP contribution in [0.25, 0.3) is 5.69 Å². The lowest BCUT2D eigenvalue weighted by Crippen LogP contribution is -2.21. The average Bonchev–Trinajstić information content (AvgIpc) is 3.09. The molecule has 0 atom stereocenters. The largest absolute Gasteiger partial charge is 0.573 e. The van der Waals surface area contributed by atoms with Crippen molar-refractivity contribution in [2.24, 2.45) is 0 Å². The molecule has 1 aromatic heterocycles. The van der Waals surface area contributed by atoms with Crippen LogP contribution in [0.15, 0.2) is 54.6 Å². The first kappa shape index (κ1) is 20.8. The zero-order valence-electron chi connectivity index (χ0n) is 15.5. The summed E-state index contributed by atoms with van der Waals surface area (Å²) >= 11 is 0. The molecule has 156 valence electrons. The summed E-state index contributed by atoms with van der Waals surface area (Å²) in [6.45, 7) is 0.963. The van der Waals surface area contributed by atoms with E-state index < -0.39 is 30.6 Å². The van der Waals surface area contributed by atoms with Gasteiger partial charge in [0.15, 0.2) is 12.3 Å². The van der Waals surface area contributed by atoms with Gasteiger partial charge >= 0.3 is 12.3 Å². The predicted octanol–water partition coefficient (Wildman–Crippen LogP) is 3.27. The van der Waals surface area contributed by atoms with Crippen LogP contribution in [0.3, 0.4) is 0 Å². The second-order valence-electron chi connectivity index (χ2n) is 5.96. The first-order valence-electron chi connectivity index (χ1n) is 8.53. The van der Waals surface area contributed by atoms with Crippen LogP contribution in [-0.2, 0) is 9.53 Å². The van der Waals surface area contributed by atoms with Crippen molar-refractivity contribution < 1.29 is 32.2 Å². The van der Waals surface area contributed by atoms with Crippen LogP contribution < -0.4 is 10.1 Å². The van der Waals surface area contributed by atoms with E-state index in [1.807, 2.05) is 6.07 Å². The van der Waals surface area contributed by atoms with E-state index in [9.17, 15) is 22.8 Å². The van der Waals surface area contributed by atoms with Gasteiger partial charge in [0.25, 0.3) is 5.91 Å². The number of hydrogen-bond acceptors (Lipinski definition) is 6. The van der Waals surface area contributed by atoms with E-state index in [4.69, 9.17) is 4.74 Å². The lowest BCUT2D eigenvalue weighted by molar-refractivity contribution is -0.274. The summed E-state index contributed by atoms with van der Waals surface area (Å²) in [5.74, 6) is -1.94. The van der Waals surface area contributed by atoms with Gasteiger partial charge in [-0.3, -0.25) is 4.79 Å². The number of aromatic nitrogens is 3. The summed E-state index contributed by atoms with van der Waals surface area (Å²) in [5.41, 5.74) is 1.14. The maximum atomic E-state index is 12.2. The molecule has 2 aromatic carbocycles. The molecule has 0 aliphatic carbocycles. The van der Waals surface area contributed by atoms with Gasteiger partial charge < -0.3 is 14.8 Å². The summed E-state index contributed by atoms with van der Waals surface area (Å²) < 4.78 is 45.1. The summed E-state index contributed by atoms with van der Waals surface area (Å²) in [6.07, 6.45) is -4.81. The van der Waals surface area contributed by atoms with Gasteiger partial charge in [0.05, 0.1) is 11.4 Å². The quantitative estimate of drug-likeness (QED) is 0.615. The fourth-order valence-electron chi connectivity index (χ4n) is 2.38. The third kappa shape index (κ3) is 5.56. The molecule has 0 unspecified atom stereocenters. The van der Waals surface area contributed by atoms with Crippen molar-refractivity contribution in [3.05, 3.63) is 66.0 Å². The van der Waals surface area contributed by atoms with Crippen LogP contribution in [0.2, 0.25) is 0 Å². The number of para-hydroxylation sites is 1. The van der Waals surface area contributed by atoms with E-state index in [1.165, 1.54) is 16.9 Å². The van der Waals surface area contributed by atoms with E-state index in [1.54, 1.807) is 31.2 Å². The zero-order valence-corrected chi connectivity index (χ0v) is 15.5. The molecular formula is C19H15F3N4O4. The van der Waals surface area contributed by atoms with Crippen molar-refractivity contribution in [2.45, 2.75) is 13.3 Å². The Morgan fingerprint density at radius 3 is 2.33 bits per heavy atom. The highest BCUT2D eigenvalue weighted by molar-refractivity contribution is 5.95. The molecule has 0 spiro atoms. The molecular weight excluding hydrogens is 405 g/mol. The maximum absolute atomic E-state index is 12.2. The van der Waals surface area contributed by atoms with Gasteiger partial charge in [-0.15, -0.1) is 18.3 Å². The number of alkyl halides is 3. The minimum absolute atomic E-state index is 0.0414. The van der Waals surface area contributed by atoms with E-state index in [-0.39, 0.29) is 11.4 Å². The molecule has 0 bridgehead atoms. The number of rotatable bonds is 6. The molecule has 0 fully saturated rings. The second kappa shape index (κ2) is 8.64. The molecule has 0 aliphatic rings. The monoisotopic (exact) mass is 420 g/mol. The molecule has 8 nitrogen and oxygen atoms in total. The third-order valence-corrected chi connectivity index (χ3v) is 3.67. The van der Waals surface area contributed by atoms with E-state index in [0.717, 1.165) is 12.1 Å². The maximum Gasteiger partial charge on any atom is 0.573 e. The number of nitrogens with one attached hydrogen (secondary N) is 1. The van der Waals surface area contributed by atoms with E-state index in [2.05, 4.69) is 20.3 Å². The highest BCUT2D eigenvalue weighted by atomic mass is 19.4. The van der Waals surface area contributed by atoms with Crippen LogP contribution in [0.4, 0.5) is 18.9 Å². The summed E-state index contributed by atoms with van der Waals surface area (Å²) in [6, 6.07) is 13.4. The van der Waals surface area contributed by atoms with Crippen molar-refractivity contribution in [1.29, 1.82) is 0 Å². The average molecular weight is 420 g/mol. The SMILES string of the molecule is Cc1nn(-c2ccccc2)nc1C(=O)OCC(=O)Nc1ccc(OC(F)(F)F)cc1. The van der Waals surface area contributed by atoms with E-state index >= 15 is 0 Å². The molecule has 1 N–H and O–H groups in total. The van der Waals surface area contributed by atoms with Crippen LogP contribution in [0.1, 0.15) is 16.2 Å². The zero-order chi connectivity index (χ0) is 21.7. The van der Waals surface area contributed by atoms with Gasteiger partial charge in [0, 0.05) is 5.69 Å². The Bertz CT molecular complexity index is 1030. The Balaban J connectivity index is 1.55. The summed E-state index contributed by atoms with van der Waals surface area (Å²) in [7, 11) is 0. The highest BCUT2D eigenvalue weighted by Crippen LogP contribution is 2.23. The van der Waals surface area contributed by atoms with Gasteiger partial charge in [0.2, 0.25) is 0 Å². The molecule has 3 aromatic rings. The summed E-state index contributed by atoms with van der Waals surface area (Å²) in [4.78, 5) is 25.4. The number of anilines is 1. The molecule has 30 heavy (non-hydrogen) atoms. The second-order valence-corrected chi connectivity index (χ2v) is 5.96. The van der Waals surface area contributed by atoms with Gasteiger partial charge in [-0.2, -0.15) is 9.90 Å². The smallest absolute Gasteiger partial charge is 0.451 e. The number of amides is 1. The van der Waals surface area contributed by atoms with Crippen LogP contribution in [-0.4, -0.2) is 39.8 Å². The molecule has 3 rings (SSSR count). The van der Waals surface area contributed by atoms with Gasteiger partial charge in [-0.05, 0) is 43.3 Å². The number of ether oxygens (including phenoxy) is 2. The number of benzene rings is 2. The number of esters is 1. The van der Waals surface area contributed by atoms with Crippen molar-refractivity contribution in [3.63, 3.8) is 0 Å². The van der Waals surface area contributed by atoms with Crippen molar-refractivity contribution >= 4 is 17.6 Å². The third-order valence-electron chi connectivity index (χ3n) is 3.67. The topological polar surface area (TPSA) is 95.3 Å². The van der Waals surface area contributed by atoms with Crippen molar-refractivity contribution in [2.75, 3.05) is 11.9 Å². The minimum atomic E-state index is -4.81. The Labute approximate surface area is 168 Å². The standard InChI is InChI=1S/C19H15F3N4O4/c1-12-17(25-26(24-12)14-5-3-2-4-6-14)18(28)29-11-16(27)23-13-7-9-15(10-8-13)30-19(20,21)22/h2-10H,11H2,1H3,(H,23,27).